The van der Waals surface area contributed by atoms with Crippen LogP contribution in [-0.2, 0) is 16.5 Å². The lowest BCUT2D eigenvalue weighted by Crippen LogP contribution is -2.02. The third kappa shape index (κ3) is 8.45. The van der Waals surface area contributed by atoms with Crippen molar-refractivity contribution in [1.82, 2.24) is 0 Å². The molecular weight excluding hydrogens is 342 g/mol. The molecule has 0 aromatic heterocycles. The molecule has 1 N–H and O–H groups in total. The van der Waals surface area contributed by atoms with E-state index in [2.05, 4.69) is 6.92 Å². The van der Waals surface area contributed by atoms with Crippen LogP contribution in [-0.4, -0.2) is 17.9 Å². The van der Waals surface area contributed by atoms with Crippen LogP contribution in [0, 0.1) is 10.1 Å². The predicted octanol–water partition coefficient (Wildman–Crippen LogP) is 5.30. The first-order chi connectivity index (χ1) is 11.9. The first-order valence-electron chi connectivity index (χ1n) is 9.11. The van der Waals surface area contributed by atoms with Gasteiger partial charge in [-0.15, -0.1) is 0 Å². The number of aryl methyl sites for hydroxylation is 1. The minimum absolute atomic E-state index is 0.244. The molecule has 6 nitrogen and oxygen atoms in total. The molecule has 0 saturated carbocycles. The maximum absolute atomic E-state index is 11.1. The number of unbranched alkanes of at least 4 members (excludes halogenated alkanes) is 9. The molecule has 0 unspecified atom stereocenters. The summed E-state index contributed by atoms with van der Waals surface area (Å²) in [7, 11) is -4.42. The smallest absolute Gasteiger partial charge is 0.282 e. The quantitative estimate of drug-likeness (QED) is 0.219. The minimum Gasteiger partial charge on any atom is -0.282 e. The molecule has 0 aliphatic heterocycles. The third-order valence-corrected chi connectivity index (χ3v) is 5.20. The molecule has 0 saturated heterocycles. The summed E-state index contributed by atoms with van der Waals surface area (Å²) in [5, 5.41) is 11.1. The van der Waals surface area contributed by atoms with E-state index in [0.29, 0.717) is 12.0 Å². The molecule has 0 amide bonds. The summed E-state index contributed by atoms with van der Waals surface area (Å²) in [6.45, 7) is 2.21. The van der Waals surface area contributed by atoms with Gasteiger partial charge in [-0.3, -0.25) is 14.7 Å². The highest BCUT2D eigenvalue weighted by molar-refractivity contribution is 7.85. The monoisotopic (exact) mass is 371 g/mol. The second-order valence-corrected chi connectivity index (χ2v) is 7.88. The van der Waals surface area contributed by atoms with Crippen molar-refractivity contribution >= 4 is 15.8 Å². The molecule has 142 valence electrons. The van der Waals surface area contributed by atoms with Crippen LogP contribution in [0.25, 0.3) is 0 Å². The number of hydrogen-bond acceptors (Lipinski definition) is 4. The normalized spacial score (nSPS) is 11.6. The van der Waals surface area contributed by atoms with Crippen molar-refractivity contribution in [3.8, 4) is 0 Å². The molecular formula is C18H29NO5S. The van der Waals surface area contributed by atoms with Crippen LogP contribution in [0.15, 0.2) is 23.1 Å². The molecule has 0 bridgehead atoms. The fraction of sp³-hybridized carbons (Fsp3) is 0.667. The van der Waals surface area contributed by atoms with E-state index in [9.17, 15) is 18.5 Å². The summed E-state index contributed by atoms with van der Waals surface area (Å²) in [5.74, 6) is 0. The molecule has 0 heterocycles. The van der Waals surface area contributed by atoms with Crippen molar-refractivity contribution < 1.29 is 17.9 Å². The average Bonchev–Trinajstić information content (AvgIpc) is 2.55. The van der Waals surface area contributed by atoms with E-state index in [1.807, 2.05) is 0 Å². The molecule has 0 atom stereocenters. The number of benzene rings is 1. The van der Waals surface area contributed by atoms with Gasteiger partial charge in [0.05, 0.1) is 4.92 Å². The van der Waals surface area contributed by atoms with Gasteiger partial charge in [-0.1, -0.05) is 70.8 Å². The number of nitro benzene ring substituents is 1. The maximum Gasteiger partial charge on any atom is 0.294 e. The number of nitrogens with zero attached hydrogens (tertiary/aromatic N) is 1. The van der Waals surface area contributed by atoms with Gasteiger partial charge >= 0.3 is 0 Å². The van der Waals surface area contributed by atoms with Gasteiger partial charge in [-0.05, 0) is 18.9 Å². The van der Waals surface area contributed by atoms with E-state index in [1.54, 1.807) is 0 Å². The highest BCUT2D eigenvalue weighted by Crippen LogP contribution is 2.25. The molecule has 25 heavy (non-hydrogen) atoms. The summed E-state index contributed by atoms with van der Waals surface area (Å²) in [4.78, 5) is 10.1. The highest BCUT2D eigenvalue weighted by Gasteiger charge is 2.19. The summed E-state index contributed by atoms with van der Waals surface area (Å²) in [5.41, 5.74) is 0.267. The fourth-order valence-electron chi connectivity index (χ4n) is 2.89. The van der Waals surface area contributed by atoms with Crippen molar-refractivity contribution in [2.24, 2.45) is 0 Å². The Balaban J connectivity index is 2.36. The molecule has 0 radical (unpaired) electrons. The first kappa shape index (κ1) is 21.6. The summed E-state index contributed by atoms with van der Waals surface area (Å²) >= 11 is 0. The van der Waals surface area contributed by atoms with Crippen LogP contribution in [0.2, 0.25) is 0 Å². The lowest BCUT2D eigenvalue weighted by molar-refractivity contribution is -0.385. The van der Waals surface area contributed by atoms with Gasteiger partial charge < -0.3 is 0 Å². The zero-order valence-corrected chi connectivity index (χ0v) is 15.8. The topological polar surface area (TPSA) is 97.5 Å². The Morgan fingerprint density at radius 1 is 0.960 bits per heavy atom. The Morgan fingerprint density at radius 3 is 1.96 bits per heavy atom. The molecule has 1 aromatic rings. The molecule has 7 heteroatoms. The van der Waals surface area contributed by atoms with Gasteiger partial charge in [0.1, 0.15) is 4.90 Å². The Kier molecular flexibility index (Phi) is 9.67. The van der Waals surface area contributed by atoms with E-state index >= 15 is 0 Å². The lowest BCUT2D eigenvalue weighted by atomic mass is 10.0. The van der Waals surface area contributed by atoms with Gasteiger partial charge in [0.25, 0.3) is 15.8 Å². The van der Waals surface area contributed by atoms with Gasteiger partial charge in [0.2, 0.25) is 0 Å². The average molecular weight is 371 g/mol. The van der Waals surface area contributed by atoms with E-state index in [1.165, 1.54) is 57.1 Å². The Bertz CT molecular complexity index is 643. The standard InChI is InChI=1S/C18H29NO5S/c1-2-3-4-5-6-7-8-9-10-11-12-16-13-14-17(25(22,23)24)15-18(16)19(20)21/h13-15H,2-12H2,1H3,(H,22,23,24). The van der Waals surface area contributed by atoms with E-state index in [4.69, 9.17) is 4.55 Å². The van der Waals surface area contributed by atoms with Crippen molar-refractivity contribution in [3.63, 3.8) is 0 Å². The van der Waals surface area contributed by atoms with Crippen molar-refractivity contribution in [1.29, 1.82) is 0 Å². The maximum atomic E-state index is 11.1. The zero-order chi connectivity index (χ0) is 18.7. The largest absolute Gasteiger partial charge is 0.294 e. The van der Waals surface area contributed by atoms with Crippen LogP contribution < -0.4 is 0 Å². The van der Waals surface area contributed by atoms with Gasteiger partial charge in [-0.25, -0.2) is 0 Å². The van der Waals surface area contributed by atoms with Gasteiger partial charge in [0.15, 0.2) is 0 Å². The molecule has 0 aliphatic rings. The number of rotatable bonds is 13. The van der Waals surface area contributed by atoms with Crippen molar-refractivity contribution in [3.05, 3.63) is 33.9 Å². The van der Waals surface area contributed by atoms with E-state index < -0.39 is 19.9 Å². The summed E-state index contributed by atoms with van der Waals surface area (Å²) < 4.78 is 31.2. The third-order valence-electron chi connectivity index (χ3n) is 4.35. The van der Waals surface area contributed by atoms with Crippen molar-refractivity contribution in [2.75, 3.05) is 0 Å². The summed E-state index contributed by atoms with van der Waals surface area (Å²) in [6, 6.07) is 3.57. The Hall–Kier alpha value is -1.47. The van der Waals surface area contributed by atoms with Crippen LogP contribution in [0.4, 0.5) is 5.69 Å². The second-order valence-electron chi connectivity index (χ2n) is 6.45. The fourth-order valence-corrected chi connectivity index (χ4v) is 3.39. The summed E-state index contributed by atoms with van der Waals surface area (Å²) in [6.07, 6.45) is 12.4. The van der Waals surface area contributed by atoms with E-state index in [-0.39, 0.29) is 5.69 Å². The lowest BCUT2D eigenvalue weighted by Gasteiger charge is -2.05. The minimum atomic E-state index is -4.42. The van der Waals surface area contributed by atoms with Crippen LogP contribution in [0.5, 0.6) is 0 Å². The van der Waals surface area contributed by atoms with Crippen LogP contribution in [0.1, 0.15) is 76.7 Å². The Morgan fingerprint density at radius 2 is 1.48 bits per heavy atom. The van der Waals surface area contributed by atoms with E-state index in [0.717, 1.165) is 25.3 Å². The second kappa shape index (κ2) is 11.2. The molecule has 0 fully saturated rings. The molecule has 0 spiro atoms. The van der Waals surface area contributed by atoms with Crippen molar-refractivity contribution in [2.45, 2.75) is 82.4 Å². The number of hydrogen-bond donors (Lipinski definition) is 1. The first-order valence-corrected chi connectivity index (χ1v) is 10.5. The Labute approximate surface area is 150 Å². The molecule has 0 aliphatic carbocycles. The molecule has 1 rings (SSSR count). The number of nitro groups is 1. The van der Waals surface area contributed by atoms with Gasteiger partial charge in [-0.2, -0.15) is 8.42 Å². The SMILES string of the molecule is CCCCCCCCCCCCc1ccc(S(=O)(=O)O)cc1[N+](=O)[O-]. The molecule has 1 aromatic carbocycles. The zero-order valence-electron chi connectivity index (χ0n) is 14.9. The van der Waals surface area contributed by atoms with Crippen LogP contribution >= 0.6 is 0 Å². The predicted molar refractivity (Wildman–Crippen MR) is 98.5 cm³/mol. The van der Waals surface area contributed by atoms with Gasteiger partial charge in [0, 0.05) is 11.6 Å². The van der Waals surface area contributed by atoms with Crippen LogP contribution in [0.3, 0.4) is 0 Å². The highest BCUT2D eigenvalue weighted by atomic mass is 32.2.